The van der Waals surface area contributed by atoms with Crippen LogP contribution in [0.2, 0.25) is 0 Å². The zero-order valence-corrected chi connectivity index (χ0v) is 9.20. The molecule has 16 heavy (non-hydrogen) atoms. The number of benzene rings is 1. The molecule has 1 aromatic carbocycles. The number of rotatable bonds is 6. The molecule has 0 unspecified atom stereocenters. The highest BCUT2D eigenvalue weighted by Crippen LogP contribution is 2.03. The summed E-state index contributed by atoms with van der Waals surface area (Å²) in [4.78, 5) is 10.8. The number of amides is 1. The van der Waals surface area contributed by atoms with E-state index in [1.165, 1.54) is 0 Å². The van der Waals surface area contributed by atoms with Gasteiger partial charge in [-0.2, -0.15) is 0 Å². The van der Waals surface area contributed by atoms with E-state index in [-0.39, 0.29) is 0 Å². The van der Waals surface area contributed by atoms with Gasteiger partial charge in [0.05, 0.1) is 0 Å². The fraction of sp³-hybridized carbons (Fsp3) is 0.308. The number of nitrogens with one attached hydrogen (secondary N) is 1. The standard InChI is InChI=1S/C13H16N2O/c1-2-3-4-9-15-10-11-5-7-12(8-6-11)13(14)16/h1,5-8,15H,3-4,9-10H2,(H2,14,16). The Labute approximate surface area is 96.0 Å². The molecule has 84 valence electrons. The third-order valence-corrected chi connectivity index (χ3v) is 2.24. The lowest BCUT2D eigenvalue weighted by Crippen LogP contribution is -2.15. The Balaban J connectivity index is 2.33. The molecule has 0 fully saturated rings. The third kappa shape index (κ3) is 4.16. The Morgan fingerprint density at radius 2 is 2.06 bits per heavy atom. The van der Waals surface area contributed by atoms with Gasteiger partial charge in [0.15, 0.2) is 0 Å². The van der Waals surface area contributed by atoms with Crippen LogP contribution in [0.3, 0.4) is 0 Å². The van der Waals surface area contributed by atoms with Gasteiger partial charge in [-0.15, -0.1) is 12.3 Å². The van der Waals surface area contributed by atoms with Crippen molar-refractivity contribution >= 4 is 5.91 Å². The molecule has 0 saturated carbocycles. The molecule has 3 heteroatoms. The van der Waals surface area contributed by atoms with Crippen molar-refractivity contribution in [1.82, 2.24) is 5.32 Å². The average Bonchev–Trinajstić information content (AvgIpc) is 2.29. The van der Waals surface area contributed by atoms with Gasteiger partial charge >= 0.3 is 0 Å². The lowest BCUT2D eigenvalue weighted by molar-refractivity contribution is 0.100. The zero-order chi connectivity index (χ0) is 11.8. The highest BCUT2D eigenvalue weighted by atomic mass is 16.1. The van der Waals surface area contributed by atoms with Crippen LogP contribution in [-0.4, -0.2) is 12.5 Å². The first-order valence-corrected chi connectivity index (χ1v) is 5.27. The average molecular weight is 216 g/mol. The molecule has 0 radical (unpaired) electrons. The number of nitrogens with two attached hydrogens (primary N) is 1. The summed E-state index contributed by atoms with van der Waals surface area (Å²) in [7, 11) is 0. The smallest absolute Gasteiger partial charge is 0.248 e. The van der Waals surface area contributed by atoms with Crippen LogP contribution in [0.15, 0.2) is 24.3 Å². The van der Waals surface area contributed by atoms with Crippen LogP contribution in [0.5, 0.6) is 0 Å². The maximum Gasteiger partial charge on any atom is 0.248 e. The van der Waals surface area contributed by atoms with E-state index in [1.54, 1.807) is 12.1 Å². The van der Waals surface area contributed by atoms with E-state index in [0.717, 1.165) is 31.5 Å². The molecule has 0 aliphatic heterocycles. The molecule has 1 rings (SSSR count). The van der Waals surface area contributed by atoms with Crippen LogP contribution < -0.4 is 11.1 Å². The van der Waals surface area contributed by atoms with Crippen LogP contribution in [0.25, 0.3) is 0 Å². The summed E-state index contributed by atoms with van der Waals surface area (Å²) in [5.41, 5.74) is 6.81. The van der Waals surface area contributed by atoms with Gasteiger partial charge in [-0.3, -0.25) is 4.79 Å². The van der Waals surface area contributed by atoms with Gasteiger partial charge in [-0.25, -0.2) is 0 Å². The Kier molecular flexibility index (Phi) is 5.10. The minimum absolute atomic E-state index is 0.395. The van der Waals surface area contributed by atoms with Gasteiger partial charge in [0.2, 0.25) is 5.91 Å². The zero-order valence-electron chi connectivity index (χ0n) is 9.20. The largest absolute Gasteiger partial charge is 0.366 e. The second-order valence-corrected chi connectivity index (χ2v) is 3.55. The van der Waals surface area contributed by atoms with Crippen LogP contribution in [0.4, 0.5) is 0 Å². The summed E-state index contributed by atoms with van der Waals surface area (Å²) in [5, 5.41) is 3.27. The summed E-state index contributed by atoms with van der Waals surface area (Å²) in [6, 6.07) is 7.27. The molecular weight excluding hydrogens is 200 g/mol. The molecular formula is C13H16N2O. The highest BCUT2D eigenvalue weighted by Gasteiger charge is 1.99. The maximum atomic E-state index is 10.8. The number of hydrogen-bond donors (Lipinski definition) is 2. The van der Waals surface area contributed by atoms with E-state index in [9.17, 15) is 4.79 Å². The predicted octanol–water partition coefficient (Wildman–Crippen LogP) is 1.29. The summed E-state index contributed by atoms with van der Waals surface area (Å²) in [5.74, 6) is 2.20. The lowest BCUT2D eigenvalue weighted by atomic mass is 10.1. The molecule has 0 spiro atoms. The first-order chi connectivity index (χ1) is 7.74. The number of unbranched alkanes of at least 4 members (excludes halogenated alkanes) is 1. The summed E-state index contributed by atoms with van der Waals surface area (Å²) < 4.78 is 0. The molecule has 3 nitrogen and oxygen atoms in total. The van der Waals surface area contributed by atoms with Crippen LogP contribution in [0.1, 0.15) is 28.8 Å². The van der Waals surface area contributed by atoms with Crippen molar-refractivity contribution in [2.75, 3.05) is 6.54 Å². The minimum Gasteiger partial charge on any atom is -0.366 e. The van der Waals surface area contributed by atoms with Crippen molar-refractivity contribution in [3.63, 3.8) is 0 Å². The maximum absolute atomic E-state index is 10.8. The Hall–Kier alpha value is -1.79. The van der Waals surface area contributed by atoms with Crippen molar-refractivity contribution in [3.8, 4) is 12.3 Å². The Morgan fingerprint density at radius 1 is 1.38 bits per heavy atom. The van der Waals surface area contributed by atoms with Crippen molar-refractivity contribution in [2.45, 2.75) is 19.4 Å². The first kappa shape index (κ1) is 12.3. The lowest BCUT2D eigenvalue weighted by Gasteiger charge is -2.04. The molecule has 0 saturated heterocycles. The van der Waals surface area contributed by atoms with Gasteiger partial charge in [0.1, 0.15) is 0 Å². The normalized spacial score (nSPS) is 9.69. The van der Waals surface area contributed by atoms with Gasteiger partial charge < -0.3 is 11.1 Å². The van der Waals surface area contributed by atoms with E-state index in [0.29, 0.717) is 5.56 Å². The number of hydrogen-bond acceptors (Lipinski definition) is 2. The minimum atomic E-state index is -0.395. The van der Waals surface area contributed by atoms with Crippen molar-refractivity contribution in [3.05, 3.63) is 35.4 Å². The van der Waals surface area contributed by atoms with Gasteiger partial charge in [0.25, 0.3) is 0 Å². The molecule has 0 atom stereocenters. The quantitative estimate of drug-likeness (QED) is 0.556. The monoisotopic (exact) mass is 216 g/mol. The van der Waals surface area contributed by atoms with Crippen LogP contribution in [-0.2, 0) is 6.54 Å². The fourth-order valence-electron chi connectivity index (χ4n) is 1.34. The van der Waals surface area contributed by atoms with Crippen LogP contribution >= 0.6 is 0 Å². The van der Waals surface area contributed by atoms with E-state index in [4.69, 9.17) is 12.2 Å². The van der Waals surface area contributed by atoms with Crippen molar-refractivity contribution in [2.24, 2.45) is 5.73 Å². The molecule has 3 N–H and O–H groups in total. The van der Waals surface area contributed by atoms with Crippen molar-refractivity contribution < 1.29 is 4.79 Å². The molecule has 0 bridgehead atoms. The molecule has 0 heterocycles. The van der Waals surface area contributed by atoms with E-state index < -0.39 is 5.91 Å². The van der Waals surface area contributed by atoms with Gasteiger partial charge in [-0.1, -0.05) is 12.1 Å². The number of carbonyl (C=O) groups is 1. The second kappa shape index (κ2) is 6.65. The SMILES string of the molecule is C#CCCCNCc1ccc(C(N)=O)cc1. The molecule has 1 aromatic rings. The summed E-state index contributed by atoms with van der Waals surface area (Å²) in [6.07, 6.45) is 6.93. The predicted molar refractivity (Wildman–Crippen MR) is 64.7 cm³/mol. The number of terminal acetylenes is 1. The number of carbonyl (C=O) groups excluding carboxylic acids is 1. The van der Waals surface area contributed by atoms with Crippen molar-refractivity contribution in [1.29, 1.82) is 0 Å². The van der Waals surface area contributed by atoms with E-state index in [2.05, 4.69) is 11.2 Å². The van der Waals surface area contributed by atoms with E-state index >= 15 is 0 Å². The topological polar surface area (TPSA) is 55.1 Å². The summed E-state index contributed by atoms with van der Waals surface area (Å²) in [6.45, 7) is 1.69. The van der Waals surface area contributed by atoms with E-state index in [1.807, 2.05) is 12.1 Å². The van der Waals surface area contributed by atoms with Gasteiger partial charge in [-0.05, 0) is 30.7 Å². The van der Waals surface area contributed by atoms with Gasteiger partial charge in [0, 0.05) is 18.5 Å². The first-order valence-electron chi connectivity index (χ1n) is 5.27. The third-order valence-electron chi connectivity index (χ3n) is 2.24. The van der Waals surface area contributed by atoms with Crippen LogP contribution in [0, 0.1) is 12.3 Å². The molecule has 0 aromatic heterocycles. The Morgan fingerprint density at radius 3 is 2.62 bits per heavy atom. The molecule has 0 aliphatic carbocycles. The fourth-order valence-corrected chi connectivity index (χ4v) is 1.34. The number of primary amides is 1. The summed E-state index contributed by atoms with van der Waals surface area (Å²) >= 11 is 0. The molecule has 1 amide bonds. The molecule has 0 aliphatic rings. The second-order valence-electron chi connectivity index (χ2n) is 3.55. The Bertz CT molecular complexity index is 376. The highest BCUT2D eigenvalue weighted by molar-refractivity contribution is 5.92.